The van der Waals surface area contributed by atoms with E-state index in [1.165, 1.54) is 0 Å². The first-order valence-corrected chi connectivity index (χ1v) is 0.600. The van der Waals surface area contributed by atoms with Crippen LogP contribution in [0.15, 0.2) is 10.6 Å². The Morgan fingerprint density at radius 3 is 1.25 bits per heavy atom. The Morgan fingerprint density at radius 2 is 1.25 bits per heavy atom. The third kappa shape index (κ3) is 1.20. The van der Waals surface area contributed by atoms with Gasteiger partial charge in [-0.15, -0.1) is 0 Å². The number of nitrogens with zero attached hydrogens (tertiary/aromatic N) is 2. The van der Waals surface area contributed by atoms with Gasteiger partial charge in [-0.1, -0.05) is 0 Å². The van der Waals surface area contributed by atoms with E-state index in [1.807, 2.05) is 10.6 Å². The van der Waals surface area contributed by atoms with Crippen LogP contribution in [0.2, 0.25) is 0 Å². The van der Waals surface area contributed by atoms with E-state index in [4.69, 9.17) is 10.4 Å². The molecule has 0 fully saturated rings. The van der Waals surface area contributed by atoms with Crippen LogP contribution in [0.25, 0.3) is 0 Å². The lowest BCUT2D eigenvalue weighted by Gasteiger charge is -1.53. The predicted molar refractivity (Wildman–Crippen MR) is 8.43 cm³/mol. The lowest BCUT2D eigenvalue weighted by molar-refractivity contribution is 0.177. The minimum absolute atomic E-state index is 1.92. The monoisotopic (exact) mass is 62.0 g/mol. The van der Waals surface area contributed by atoms with Gasteiger partial charge in [0.05, 0.1) is 10.6 Å². The van der Waals surface area contributed by atoms with Gasteiger partial charge in [-0.2, -0.15) is 0 Å². The van der Waals surface area contributed by atoms with E-state index in [2.05, 4.69) is 0 Å². The molecule has 0 aliphatic carbocycles. The molecule has 0 amide bonds. The van der Waals surface area contributed by atoms with Gasteiger partial charge in [0.15, 0.2) is 0 Å². The van der Waals surface area contributed by atoms with Crippen LogP contribution in [0.3, 0.4) is 0 Å². The van der Waals surface area contributed by atoms with Crippen LogP contribution in [-0.2, 0) is 0 Å². The Bertz CT molecular complexity index is 19.2. The van der Waals surface area contributed by atoms with Crippen molar-refractivity contribution in [3.05, 3.63) is 0 Å². The summed E-state index contributed by atoms with van der Waals surface area (Å²) in [5.41, 5.74) is 0. The maximum Gasteiger partial charge on any atom is 0.0606 e. The van der Waals surface area contributed by atoms with Gasteiger partial charge in [0.1, 0.15) is 0 Å². The standard InChI is InChI=1S/H2N2O2/c3-1-2-4/h(H,1,4)(H,2,3). The lowest BCUT2D eigenvalue weighted by Crippen LogP contribution is -1.41. The molecule has 0 aromatic carbocycles. The molecule has 0 bridgehead atoms. The molecule has 2 N–H and O–H groups in total. The van der Waals surface area contributed by atoms with Crippen LogP contribution in [0.4, 0.5) is 0 Å². The van der Waals surface area contributed by atoms with Crippen molar-refractivity contribution in [2.75, 3.05) is 0 Å². The summed E-state index contributed by atoms with van der Waals surface area (Å²) < 4.78 is 0. The van der Waals surface area contributed by atoms with Crippen molar-refractivity contribution < 1.29 is 10.4 Å². The number of hydrogen-bond donors (Lipinski definition) is 2. The topological polar surface area (TPSA) is 65.2 Å². The average molecular weight is 62.0 g/mol. The second kappa shape index (κ2) is 2.20. The molecule has 24 valence electrons. The first-order valence-electron chi connectivity index (χ1n) is 0.600. The number of hydrogen-bond acceptors (Lipinski definition) is 2. The third-order valence-corrected chi connectivity index (χ3v) is 0.0400. The smallest absolute Gasteiger partial charge is 0.0606 e. The van der Waals surface area contributed by atoms with Gasteiger partial charge in [0.2, 0.25) is 0 Å². The molecule has 0 unspecified atom stereocenters. The molecular formula is H2N2O2. The molecule has 0 aliphatic rings. The molecule has 0 aromatic heterocycles. The SMILES string of the molecule is O/N=N/O. The summed E-state index contributed by atoms with van der Waals surface area (Å²) >= 11 is 0. The summed E-state index contributed by atoms with van der Waals surface area (Å²) in [6.45, 7) is 0. The van der Waals surface area contributed by atoms with E-state index >= 15 is 0 Å². The summed E-state index contributed by atoms with van der Waals surface area (Å²) in [5, 5.41) is 18.0. The highest BCUT2D eigenvalue weighted by molar-refractivity contribution is 3.51. The van der Waals surface area contributed by atoms with Crippen LogP contribution < -0.4 is 0 Å². The molecule has 0 atom stereocenters. The Balaban J connectivity index is 2.55. The highest BCUT2D eigenvalue weighted by atomic mass is 16.5. The maximum atomic E-state index is 7.08. The zero-order valence-electron chi connectivity index (χ0n) is 1.79. The normalized spacial score (nSPS) is 9.00. The molecule has 0 saturated carbocycles. The Hall–Kier alpha value is -0.800. The van der Waals surface area contributed by atoms with Crippen molar-refractivity contribution in [3.8, 4) is 0 Å². The summed E-state index contributed by atoms with van der Waals surface area (Å²) in [5.74, 6) is 0. The van der Waals surface area contributed by atoms with Crippen molar-refractivity contribution >= 4 is 0 Å². The molecule has 4 heavy (non-hydrogen) atoms. The van der Waals surface area contributed by atoms with Crippen molar-refractivity contribution in [2.24, 2.45) is 10.6 Å². The summed E-state index contributed by atoms with van der Waals surface area (Å²) in [4.78, 5) is 0. The predicted octanol–water partition coefficient (Wildman–Crippen LogP) is 0.217. The molecule has 0 rings (SSSR count). The largest absolute Gasteiger partial charge is 0.392 e. The maximum absolute atomic E-state index is 7.08. The second-order valence-electron chi connectivity index (χ2n) is 0.179. The minimum atomic E-state index is 1.92. The molecule has 0 saturated heterocycles. The molecule has 0 spiro atoms. The molecule has 0 aliphatic heterocycles. The quantitative estimate of drug-likeness (QED) is 0.311. The Morgan fingerprint density at radius 1 is 1.00 bits per heavy atom. The van der Waals surface area contributed by atoms with E-state index in [0.29, 0.717) is 0 Å². The van der Waals surface area contributed by atoms with Crippen molar-refractivity contribution in [1.29, 1.82) is 0 Å². The van der Waals surface area contributed by atoms with E-state index in [9.17, 15) is 0 Å². The van der Waals surface area contributed by atoms with Crippen molar-refractivity contribution in [3.63, 3.8) is 0 Å². The zero-order chi connectivity index (χ0) is 3.41. The highest BCUT2D eigenvalue weighted by Gasteiger charge is 1.34. The van der Waals surface area contributed by atoms with E-state index in [1.54, 1.807) is 0 Å². The second-order valence-corrected chi connectivity index (χ2v) is 0.179. The zero-order valence-corrected chi connectivity index (χ0v) is 1.79. The summed E-state index contributed by atoms with van der Waals surface area (Å²) in [7, 11) is 0. The Labute approximate surface area is 22.3 Å². The van der Waals surface area contributed by atoms with E-state index in [-0.39, 0.29) is 0 Å². The van der Waals surface area contributed by atoms with Crippen LogP contribution in [-0.4, -0.2) is 10.4 Å². The van der Waals surface area contributed by atoms with Gasteiger partial charge in [-0.05, 0) is 0 Å². The first kappa shape index (κ1) is 3.20. The van der Waals surface area contributed by atoms with Crippen LogP contribution in [0, 0.1) is 0 Å². The fourth-order valence-electron chi connectivity index (χ4n) is 0. The van der Waals surface area contributed by atoms with Gasteiger partial charge >= 0.3 is 0 Å². The fraction of sp³-hybridized carbons (Fsp3) is 0. The Kier molecular flexibility index (Phi) is 1.76. The van der Waals surface area contributed by atoms with E-state index < -0.39 is 0 Å². The summed E-state index contributed by atoms with van der Waals surface area (Å²) in [6, 6.07) is 0. The van der Waals surface area contributed by atoms with Gasteiger partial charge < -0.3 is 10.4 Å². The molecule has 4 nitrogen and oxygen atoms in total. The molecular weight excluding hydrogens is 60.0 g/mol. The van der Waals surface area contributed by atoms with Gasteiger partial charge in [-0.25, -0.2) is 0 Å². The van der Waals surface area contributed by atoms with Gasteiger partial charge in [0.25, 0.3) is 0 Å². The molecule has 0 radical (unpaired) electrons. The minimum Gasteiger partial charge on any atom is -0.392 e. The fourth-order valence-corrected chi connectivity index (χ4v) is 0. The van der Waals surface area contributed by atoms with E-state index in [0.717, 1.165) is 0 Å². The lowest BCUT2D eigenvalue weighted by atomic mass is 13.0. The van der Waals surface area contributed by atoms with Crippen molar-refractivity contribution in [1.82, 2.24) is 0 Å². The highest BCUT2D eigenvalue weighted by Crippen LogP contribution is 1.46. The third-order valence-electron chi connectivity index (χ3n) is 0.0400. The molecule has 4 heteroatoms. The van der Waals surface area contributed by atoms with Gasteiger partial charge in [0, 0.05) is 0 Å². The van der Waals surface area contributed by atoms with Gasteiger partial charge in [-0.3, -0.25) is 0 Å². The number of rotatable bonds is 0. The first-order chi connectivity index (χ1) is 1.91. The van der Waals surface area contributed by atoms with Crippen molar-refractivity contribution in [2.45, 2.75) is 0 Å². The summed E-state index contributed by atoms with van der Waals surface area (Å²) in [6.07, 6.45) is 0. The molecule has 0 heterocycles. The molecule has 0 aromatic rings. The van der Waals surface area contributed by atoms with Crippen LogP contribution in [0.5, 0.6) is 0 Å². The van der Waals surface area contributed by atoms with Crippen LogP contribution in [0.1, 0.15) is 0 Å². The van der Waals surface area contributed by atoms with Crippen LogP contribution >= 0.6 is 0 Å². The average Bonchev–Trinajstić information content (AvgIpc) is 1.37.